The van der Waals surface area contributed by atoms with E-state index < -0.39 is 5.60 Å². The molecule has 0 amide bonds. The molecule has 2 rings (SSSR count). The lowest BCUT2D eigenvalue weighted by Gasteiger charge is -2.20. The first-order valence-corrected chi connectivity index (χ1v) is 7.36. The van der Waals surface area contributed by atoms with E-state index in [2.05, 4.69) is 6.07 Å². The molecule has 0 aliphatic carbocycles. The van der Waals surface area contributed by atoms with Gasteiger partial charge in [-0.15, -0.1) is 0 Å². The Bertz CT molecular complexity index is 639. The highest BCUT2D eigenvalue weighted by Crippen LogP contribution is 2.30. The van der Waals surface area contributed by atoms with Gasteiger partial charge in [0.15, 0.2) is 6.61 Å². The number of ether oxygens (including phenoxy) is 2. The molecule has 0 spiro atoms. The highest BCUT2D eigenvalue weighted by molar-refractivity contribution is 5.74. The minimum atomic E-state index is -0.504. The van der Waals surface area contributed by atoms with Gasteiger partial charge >= 0.3 is 5.97 Å². The molecule has 0 atom stereocenters. The second kappa shape index (κ2) is 6.65. The topological polar surface area (TPSA) is 35.5 Å². The number of hydrogen-bond acceptors (Lipinski definition) is 3. The third-order valence-corrected chi connectivity index (χ3v) is 2.99. The number of benzene rings is 2. The first kappa shape index (κ1) is 16.1. The minimum absolute atomic E-state index is 0.0971. The summed E-state index contributed by atoms with van der Waals surface area (Å²) in [4.78, 5) is 11.8. The molecule has 0 fully saturated rings. The van der Waals surface area contributed by atoms with Crippen LogP contribution in [0.3, 0.4) is 0 Å². The van der Waals surface area contributed by atoms with Crippen molar-refractivity contribution in [2.75, 3.05) is 6.61 Å². The van der Waals surface area contributed by atoms with Gasteiger partial charge in [0.25, 0.3) is 0 Å². The fourth-order valence-corrected chi connectivity index (χ4v) is 2.12. The maximum atomic E-state index is 11.8. The lowest BCUT2D eigenvalue weighted by molar-refractivity contribution is -0.157. The zero-order chi connectivity index (χ0) is 16.2. The van der Waals surface area contributed by atoms with Gasteiger partial charge in [-0.1, -0.05) is 42.0 Å². The molecule has 0 bridgehead atoms. The quantitative estimate of drug-likeness (QED) is 0.786. The van der Waals surface area contributed by atoms with Crippen molar-refractivity contribution in [2.45, 2.75) is 33.3 Å². The van der Waals surface area contributed by atoms with Crippen LogP contribution in [0, 0.1) is 6.92 Å². The molecular formula is C19H22O3. The number of rotatable bonds is 4. The van der Waals surface area contributed by atoms with Gasteiger partial charge in [0.2, 0.25) is 0 Å². The second-order valence-electron chi connectivity index (χ2n) is 6.24. The SMILES string of the molecule is Cc1ccc(OCC(=O)OC(C)(C)C)c(-c2ccccc2)c1. The summed E-state index contributed by atoms with van der Waals surface area (Å²) in [6, 6.07) is 15.9. The van der Waals surface area contributed by atoms with Crippen LogP contribution in [0.1, 0.15) is 26.3 Å². The van der Waals surface area contributed by atoms with Crippen molar-refractivity contribution in [2.24, 2.45) is 0 Å². The number of aryl methyl sites for hydroxylation is 1. The third-order valence-electron chi connectivity index (χ3n) is 2.99. The van der Waals surface area contributed by atoms with Crippen molar-refractivity contribution in [1.82, 2.24) is 0 Å². The van der Waals surface area contributed by atoms with E-state index in [0.29, 0.717) is 5.75 Å². The molecule has 22 heavy (non-hydrogen) atoms. The Morgan fingerprint density at radius 1 is 1.05 bits per heavy atom. The molecule has 116 valence electrons. The molecule has 3 nitrogen and oxygen atoms in total. The average molecular weight is 298 g/mol. The average Bonchev–Trinajstić information content (AvgIpc) is 2.45. The monoisotopic (exact) mass is 298 g/mol. The Kier molecular flexibility index (Phi) is 4.86. The van der Waals surface area contributed by atoms with E-state index in [1.807, 2.05) is 70.2 Å². The number of carbonyl (C=O) groups is 1. The van der Waals surface area contributed by atoms with Crippen molar-refractivity contribution in [3.8, 4) is 16.9 Å². The fraction of sp³-hybridized carbons (Fsp3) is 0.316. The van der Waals surface area contributed by atoms with E-state index in [9.17, 15) is 4.79 Å². The van der Waals surface area contributed by atoms with Gasteiger partial charge in [-0.25, -0.2) is 4.79 Å². The lowest BCUT2D eigenvalue weighted by atomic mass is 10.0. The van der Waals surface area contributed by atoms with Gasteiger partial charge < -0.3 is 9.47 Å². The smallest absolute Gasteiger partial charge is 0.344 e. The molecule has 2 aromatic rings. The van der Waals surface area contributed by atoms with Crippen LogP contribution in [0.25, 0.3) is 11.1 Å². The molecule has 0 heterocycles. The van der Waals surface area contributed by atoms with Gasteiger partial charge in [0.05, 0.1) is 0 Å². The van der Waals surface area contributed by atoms with Crippen molar-refractivity contribution in [3.63, 3.8) is 0 Å². The largest absolute Gasteiger partial charge is 0.481 e. The molecule has 0 radical (unpaired) electrons. The molecule has 0 aliphatic heterocycles. The van der Waals surface area contributed by atoms with Crippen LogP contribution >= 0.6 is 0 Å². The Morgan fingerprint density at radius 2 is 1.73 bits per heavy atom. The van der Waals surface area contributed by atoms with E-state index in [1.54, 1.807) is 0 Å². The van der Waals surface area contributed by atoms with Gasteiger partial charge in [-0.05, 0) is 45.4 Å². The van der Waals surface area contributed by atoms with E-state index >= 15 is 0 Å². The summed E-state index contributed by atoms with van der Waals surface area (Å²) in [6.45, 7) is 7.45. The summed E-state index contributed by atoms with van der Waals surface area (Å²) in [7, 11) is 0. The Hall–Kier alpha value is -2.29. The molecular weight excluding hydrogens is 276 g/mol. The van der Waals surface area contributed by atoms with Crippen LogP contribution in [0.2, 0.25) is 0 Å². The van der Waals surface area contributed by atoms with Crippen LogP contribution in [-0.2, 0) is 9.53 Å². The summed E-state index contributed by atoms with van der Waals surface area (Å²) >= 11 is 0. The van der Waals surface area contributed by atoms with E-state index in [4.69, 9.17) is 9.47 Å². The Balaban J connectivity index is 2.16. The maximum Gasteiger partial charge on any atom is 0.344 e. The Labute approximate surface area is 131 Å². The molecule has 3 heteroatoms. The fourth-order valence-electron chi connectivity index (χ4n) is 2.12. The zero-order valence-corrected chi connectivity index (χ0v) is 13.6. The van der Waals surface area contributed by atoms with Crippen LogP contribution in [0.15, 0.2) is 48.5 Å². The standard InChI is InChI=1S/C19H22O3/c1-14-10-11-17(21-13-18(20)22-19(2,3)4)16(12-14)15-8-6-5-7-9-15/h5-12H,13H2,1-4H3. The molecule has 0 unspecified atom stereocenters. The predicted octanol–water partition coefficient (Wildman–Crippen LogP) is 4.38. The first-order valence-electron chi connectivity index (χ1n) is 7.36. The molecule has 0 saturated heterocycles. The van der Waals surface area contributed by atoms with Gasteiger partial charge in [-0.2, -0.15) is 0 Å². The summed E-state index contributed by atoms with van der Waals surface area (Å²) in [5.41, 5.74) is 2.67. The summed E-state index contributed by atoms with van der Waals surface area (Å²) in [6.07, 6.45) is 0. The minimum Gasteiger partial charge on any atom is -0.481 e. The van der Waals surface area contributed by atoms with Crippen molar-refractivity contribution in [3.05, 3.63) is 54.1 Å². The van der Waals surface area contributed by atoms with E-state index in [0.717, 1.165) is 16.7 Å². The second-order valence-corrected chi connectivity index (χ2v) is 6.24. The normalized spacial score (nSPS) is 11.1. The maximum absolute atomic E-state index is 11.8. The predicted molar refractivity (Wildman–Crippen MR) is 88.0 cm³/mol. The van der Waals surface area contributed by atoms with Crippen molar-refractivity contribution >= 4 is 5.97 Å². The first-order chi connectivity index (χ1) is 10.3. The van der Waals surface area contributed by atoms with E-state index in [1.165, 1.54) is 0 Å². The van der Waals surface area contributed by atoms with Crippen LogP contribution in [0.4, 0.5) is 0 Å². The summed E-state index contributed by atoms with van der Waals surface area (Å²) in [5, 5.41) is 0. The third kappa shape index (κ3) is 4.62. The van der Waals surface area contributed by atoms with Gasteiger partial charge in [-0.3, -0.25) is 0 Å². The highest BCUT2D eigenvalue weighted by Gasteiger charge is 2.17. The Morgan fingerprint density at radius 3 is 2.36 bits per heavy atom. The van der Waals surface area contributed by atoms with Crippen LogP contribution in [-0.4, -0.2) is 18.2 Å². The molecule has 0 saturated carbocycles. The number of hydrogen-bond donors (Lipinski definition) is 0. The van der Waals surface area contributed by atoms with Crippen LogP contribution < -0.4 is 4.74 Å². The van der Waals surface area contributed by atoms with E-state index in [-0.39, 0.29) is 12.6 Å². The van der Waals surface area contributed by atoms with Crippen molar-refractivity contribution < 1.29 is 14.3 Å². The molecule has 0 N–H and O–H groups in total. The summed E-state index contributed by atoms with van der Waals surface area (Å²) < 4.78 is 10.9. The molecule has 2 aromatic carbocycles. The highest BCUT2D eigenvalue weighted by atomic mass is 16.6. The van der Waals surface area contributed by atoms with Gasteiger partial charge in [0.1, 0.15) is 11.4 Å². The van der Waals surface area contributed by atoms with Crippen LogP contribution in [0.5, 0.6) is 5.75 Å². The number of carbonyl (C=O) groups excluding carboxylic acids is 1. The van der Waals surface area contributed by atoms with Gasteiger partial charge in [0, 0.05) is 5.56 Å². The summed E-state index contributed by atoms with van der Waals surface area (Å²) in [5.74, 6) is 0.315. The number of esters is 1. The van der Waals surface area contributed by atoms with Crippen molar-refractivity contribution in [1.29, 1.82) is 0 Å². The lowest BCUT2D eigenvalue weighted by Crippen LogP contribution is -2.27. The molecule has 0 aliphatic rings. The zero-order valence-electron chi connectivity index (χ0n) is 13.6. The molecule has 0 aromatic heterocycles.